The van der Waals surface area contributed by atoms with Crippen LogP contribution in [-0.4, -0.2) is 38.9 Å². The molecule has 1 aliphatic rings. The number of carbonyl (C=O) groups excluding carboxylic acids is 2. The van der Waals surface area contributed by atoms with E-state index < -0.39 is 0 Å². The topological polar surface area (TPSA) is 84.2 Å². The normalized spacial score (nSPS) is 17.1. The fourth-order valence-electron chi connectivity index (χ4n) is 6.40. The predicted octanol–water partition coefficient (Wildman–Crippen LogP) is 10.1. The summed E-state index contributed by atoms with van der Waals surface area (Å²) in [7, 11) is 3.42. The van der Waals surface area contributed by atoms with Gasteiger partial charge in [-0.15, -0.1) is 0 Å². The van der Waals surface area contributed by atoms with Crippen molar-refractivity contribution in [3.8, 4) is 0 Å². The van der Waals surface area contributed by atoms with Crippen LogP contribution in [0.1, 0.15) is 179 Å². The molecule has 0 aromatic heterocycles. The molecule has 0 aromatic rings. The summed E-state index contributed by atoms with van der Waals surface area (Å²) < 4.78 is 0. The van der Waals surface area contributed by atoms with Gasteiger partial charge in [-0.3, -0.25) is 9.59 Å². The number of ketones is 1. The molecule has 1 amide bonds. The Morgan fingerprint density at radius 2 is 1.31 bits per heavy atom. The minimum atomic E-state index is -0.168. The molecule has 5 heteroatoms. The highest BCUT2D eigenvalue weighted by Gasteiger charge is 2.45. The zero-order valence-corrected chi connectivity index (χ0v) is 31.5. The number of amides is 1. The quantitative estimate of drug-likeness (QED) is 0.165. The second-order valence-corrected chi connectivity index (χ2v) is 11.8. The number of hydrogen-bond acceptors (Lipinski definition) is 4. The summed E-state index contributed by atoms with van der Waals surface area (Å²) in [4.78, 5) is 24.4. The molecule has 1 aliphatic carbocycles. The molecule has 5 nitrogen and oxygen atoms in total. The first-order chi connectivity index (χ1) is 20.1. The molecule has 0 radical (unpaired) electrons. The molecule has 0 spiro atoms. The van der Waals surface area contributed by atoms with Crippen LogP contribution in [0.5, 0.6) is 0 Å². The molecule has 256 valence electrons. The molecule has 1 saturated carbocycles. The highest BCUT2D eigenvalue weighted by molar-refractivity contribution is 5.85. The first-order valence-electron chi connectivity index (χ1n) is 18.1. The van der Waals surface area contributed by atoms with Gasteiger partial charge < -0.3 is 16.4 Å². The first kappa shape index (κ1) is 48.0. The number of Topliss-reactive ketones (excluding diaryl/α,β-unsaturated/α-hetero) is 1. The smallest absolute Gasteiger partial charge is 0.226 e. The summed E-state index contributed by atoms with van der Waals surface area (Å²) in [6.07, 6.45) is 17.0. The van der Waals surface area contributed by atoms with Crippen LogP contribution in [0.3, 0.4) is 0 Å². The minimum Gasteiger partial charge on any atom is -0.356 e. The van der Waals surface area contributed by atoms with Gasteiger partial charge >= 0.3 is 0 Å². The third-order valence-electron chi connectivity index (χ3n) is 10.1. The summed E-state index contributed by atoms with van der Waals surface area (Å²) in [5.74, 6) is 1.74. The Balaban J connectivity index is -0.000000259. The van der Waals surface area contributed by atoms with E-state index in [1.165, 1.54) is 52.0 Å². The van der Waals surface area contributed by atoms with E-state index in [1.54, 1.807) is 0 Å². The Kier molecular flexibility index (Phi) is 34.4. The van der Waals surface area contributed by atoms with Gasteiger partial charge in [0.15, 0.2) is 0 Å². The zero-order chi connectivity index (χ0) is 33.7. The lowest BCUT2D eigenvalue weighted by atomic mass is 9.57. The number of rotatable bonds is 16. The Bertz CT molecular complexity index is 590. The molecule has 42 heavy (non-hydrogen) atoms. The molecule has 0 aliphatic heterocycles. The van der Waals surface area contributed by atoms with Crippen molar-refractivity contribution in [3.63, 3.8) is 0 Å². The highest BCUT2D eigenvalue weighted by atomic mass is 16.2. The van der Waals surface area contributed by atoms with E-state index in [9.17, 15) is 9.59 Å². The average molecular weight is 600 g/mol. The van der Waals surface area contributed by atoms with E-state index in [-0.39, 0.29) is 16.7 Å². The van der Waals surface area contributed by atoms with Gasteiger partial charge in [-0.25, -0.2) is 0 Å². The summed E-state index contributed by atoms with van der Waals surface area (Å²) >= 11 is 0. The predicted molar refractivity (Wildman–Crippen MR) is 190 cm³/mol. The lowest BCUT2D eigenvalue weighted by Crippen LogP contribution is -2.41. The van der Waals surface area contributed by atoms with Crippen LogP contribution in [0.25, 0.3) is 0 Å². The lowest BCUT2D eigenvalue weighted by Gasteiger charge is -2.47. The molecular weight excluding hydrogens is 518 g/mol. The molecular formula is C37H81N3O2. The maximum absolute atomic E-state index is 12.5. The van der Waals surface area contributed by atoms with E-state index in [1.807, 2.05) is 27.8 Å². The number of carbonyl (C=O) groups is 2. The van der Waals surface area contributed by atoms with Crippen molar-refractivity contribution in [1.29, 1.82) is 0 Å². The molecule has 1 rings (SSSR count). The molecule has 0 heterocycles. The van der Waals surface area contributed by atoms with Gasteiger partial charge in [-0.2, -0.15) is 0 Å². The van der Waals surface area contributed by atoms with Crippen molar-refractivity contribution in [2.45, 2.75) is 179 Å². The highest BCUT2D eigenvalue weighted by Crippen LogP contribution is 2.52. The lowest BCUT2D eigenvalue weighted by molar-refractivity contribution is -0.134. The van der Waals surface area contributed by atoms with Crippen molar-refractivity contribution < 1.29 is 9.59 Å². The second-order valence-electron chi connectivity index (χ2n) is 11.8. The average Bonchev–Trinajstić information content (AvgIpc) is 3.05. The monoisotopic (exact) mass is 600 g/mol. The third-order valence-corrected chi connectivity index (χ3v) is 10.1. The van der Waals surface area contributed by atoms with E-state index in [0.717, 1.165) is 70.4 Å². The summed E-state index contributed by atoms with van der Waals surface area (Å²) in [5, 5.41) is 6.04. The molecule has 4 N–H and O–H groups in total. The SMILES string of the molecule is CC.CCC(CC)CC.CCCC(=O)C1(CC)CCCC(CC)(CC)C1.CCNC(=O)C(CC)(CC)CCNC.CN. The molecule has 1 fully saturated rings. The van der Waals surface area contributed by atoms with E-state index in [0.29, 0.717) is 11.2 Å². The van der Waals surface area contributed by atoms with Crippen molar-refractivity contribution in [2.24, 2.45) is 27.9 Å². The van der Waals surface area contributed by atoms with Crippen LogP contribution in [0, 0.1) is 22.2 Å². The van der Waals surface area contributed by atoms with Gasteiger partial charge in [0, 0.05) is 23.8 Å². The Morgan fingerprint density at radius 1 is 0.810 bits per heavy atom. The molecule has 1 atom stereocenters. The Morgan fingerprint density at radius 3 is 1.62 bits per heavy atom. The van der Waals surface area contributed by atoms with Gasteiger partial charge in [0.2, 0.25) is 5.91 Å². The van der Waals surface area contributed by atoms with Crippen molar-refractivity contribution >= 4 is 11.7 Å². The van der Waals surface area contributed by atoms with Crippen LogP contribution >= 0.6 is 0 Å². The van der Waals surface area contributed by atoms with E-state index in [2.05, 4.69) is 78.7 Å². The van der Waals surface area contributed by atoms with Crippen LogP contribution in [0.2, 0.25) is 0 Å². The fourth-order valence-corrected chi connectivity index (χ4v) is 6.40. The summed E-state index contributed by atoms with van der Waals surface area (Å²) in [5.41, 5.74) is 4.82. The van der Waals surface area contributed by atoms with E-state index in [4.69, 9.17) is 0 Å². The maximum Gasteiger partial charge on any atom is 0.226 e. The van der Waals surface area contributed by atoms with Crippen LogP contribution in [0.15, 0.2) is 0 Å². The standard InChI is InChI=1S/C16H30O.C11H24N2O.C7H16.C2H6.CH5N/c1-5-10-14(17)16(8-4)12-9-11-15(6-2,7-3)13-16;1-5-11(6-2,8-9-12-4)10(14)13-7-3;1-4-7(5-2)6-3;2*1-2/h5-13H2,1-4H3;12H,5-9H2,1-4H3,(H,13,14);7H,4-6H2,1-3H3;1-2H3;2H2,1H3. The third kappa shape index (κ3) is 17.4. The van der Waals surface area contributed by atoms with Gasteiger partial charge in [-0.05, 0) is 90.3 Å². The van der Waals surface area contributed by atoms with Gasteiger partial charge in [0.25, 0.3) is 0 Å². The van der Waals surface area contributed by atoms with Crippen molar-refractivity contribution in [1.82, 2.24) is 10.6 Å². The van der Waals surface area contributed by atoms with Crippen molar-refractivity contribution in [2.75, 3.05) is 27.2 Å². The molecule has 0 aromatic carbocycles. The van der Waals surface area contributed by atoms with Gasteiger partial charge in [-0.1, -0.05) is 115 Å². The first-order valence-corrected chi connectivity index (χ1v) is 18.1. The summed E-state index contributed by atoms with van der Waals surface area (Å²) in [6.45, 7) is 27.5. The maximum atomic E-state index is 12.5. The summed E-state index contributed by atoms with van der Waals surface area (Å²) in [6, 6.07) is 0. The largest absolute Gasteiger partial charge is 0.356 e. The number of hydrogen-bond donors (Lipinski definition) is 3. The Hall–Kier alpha value is -0.940. The number of nitrogens with two attached hydrogens (primary N) is 1. The van der Waals surface area contributed by atoms with E-state index >= 15 is 0 Å². The molecule has 1 unspecified atom stereocenters. The number of nitrogens with one attached hydrogen (secondary N) is 2. The van der Waals surface area contributed by atoms with Crippen molar-refractivity contribution in [3.05, 3.63) is 0 Å². The van der Waals surface area contributed by atoms with Gasteiger partial charge in [0.1, 0.15) is 5.78 Å². The minimum absolute atomic E-state index is 0.0281. The molecule has 0 bridgehead atoms. The fraction of sp³-hybridized carbons (Fsp3) is 0.946. The van der Waals surface area contributed by atoms with Crippen LogP contribution in [-0.2, 0) is 9.59 Å². The van der Waals surface area contributed by atoms with Crippen LogP contribution in [0.4, 0.5) is 0 Å². The zero-order valence-electron chi connectivity index (χ0n) is 31.5. The Labute approximate surface area is 266 Å². The van der Waals surface area contributed by atoms with Gasteiger partial charge in [0.05, 0.1) is 0 Å². The van der Waals surface area contributed by atoms with Crippen LogP contribution < -0.4 is 16.4 Å². The molecule has 0 saturated heterocycles. The second kappa shape index (κ2) is 30.1.